The fourth-order valence-corrected chi connectivity index (χ4v) is 3.24. The molecule has 0 heterocycles. The number of anilines is 1. The Morgan fingerprint density at radius 2 is 1.95 bits per heavy atom. The van der Waals surface area contributed by atoms with Crippen molar-refractivity contribution >= 4 is 21.6 Å². The average molecular weight is 328 g/mol. The molecule has 0 bridgehead atoms. The Bertz CT molecular complexity index is 560. The molecule has 0 radical (unpaired) electrons. The van der Waals surface area contributed by atoms with Crippen molar-refractivity contribution in [1.82, 2.24) is 5.32 Å². The van der Waals surface area contributed by atoms with Crippen LogP contribution >= 0.6 is 0 Å². The number of ether oxygens (including phenoxy) is 1. The molecule has 1 N–H and O–H groups in total. The first-order valence-electron chi connectivity index (χ1n) is 7.27. The van der Waals surface area contributed by atoms with Gasteiger partial charge in [-0.15, -0.1) is 0 Å². The van der Waals surface area contributed by atoms with E-state index in [9.17, 15) is 13.2 Å². The molecule has 0 aliphatic heterocycles. The van der Waals surface area contributed by atoms with Gasteiger partial charge in [0.2, 0.25) is 15.9 Å². The molecule has 1 aromatic rings. The van der Waals surface area contributed by atoms with Crippen molar-refractivity contribution in [3.05, 3.63) is 30.3 Å². The summed E-state index contributed by atoms with van der Waals surface area (Å²) in [6.45, 7) is 5.14. The number of rotatable bonds is 9. The number of hydrogen-bond donors (Lipinski definition) is 1. The number of sulfonamides is 1. The molecular formula is C15H24N2O4S. The maximum absolute atomic E-state index is 12.2. The van der Waals surface area contributed by atoms with Crippen molar-refractivity contribution in [1.29, 1.82) is 0 Å². The highest BCUT2D eigenvalue weighted by atomic mass is 32.2. The highest BCUT2D eigenvalue weighted by molar-refractivity contribution is 7.92. The fourth-order valence-electron chi connectivity index (χ4n) is 2.06. The predicted molar refractivity (Wildman–Crippen MR) is 87.3 cm³/mol. The van der Waals surface area contributed by atoms with Crippen molar-refractivity contribution in [3.8, 4) is 0 Å². The fraction of sp³-hybridized carbons (Fsp3) is 0.533. The third-order valence-electron chi connectivity index (χ3n) is 3.07. The number of carbonyl (C=O) groups is 1. The lowest BCUT2D eigenvalue weighted by Crippen LogP contribution is -2.48. The Labute approximate surface area is 132 Å². The summed E-state index contributed by atoms with van der Waals surface area (Å²) in [5.74, 6) is -0.328. The van der Waals surface area contributed by atoms with Crippen LogP contribution in [0.25, 0.3) is 0 Å². The highest BCUT2D eigenvalue weighted by Gasteiger charge is 2.28. The number of hydrogen-bond acceptors (Lipinski definition) is 4. The van der Waals surface area contributed by atoms with Gasteiger partial charge >= 0.3 is 0 Å². The largest absolute Gasteiger partial charge is 0.382 e. The molecule has 1 amide bonds. The number of para-hydroxylation sites is 1. The van der Waals surface area contributed by atoms with Crippen molar-refractivity contribution in [2.45, 2.75) is 26.3 Å². The smallest absolute Gasteiger partial charge is 0.243 e. The van der Waals surface area contributed by atoms with Gasteiger partial charge in [-0.25, -0.2) is 8.42 Å². The van der Waals surface area contributed by atoms with Gasteiger partial charge in [-0.05, 0) is 32.4 Å². The summed E-state index contributed by atoms with van der Waals surface area (Å²) in [5, 5.41) is 2.74. The maximum atomic E-state index is 12.2. The van der Waals surface area contributed by atoms with E-state index in [4.69, 9.17) is 4.74 Å². The van der Waals surface area contributed by atoms with Crippen LogP contribution in [-0.4, -0.2) is 46.4 Å². The first kappa shape index (κ1) is 18.4. The summed E-state index contributed by atoms with van der Waals surface area (Å²) in [7, 11) is -3.55. The molecule has 0 saturated heterocycles. The number of amides is 1. The van der Waals surface area contributed by atoms with Crippen LogP contribution in [0.5, 0.6) is 0 Å². The molecule has 0 saturated carbocycles. The third kappa shape index (κ3) is 5.65. The zero-order valence-electron chi connectivity index (χ0n) is 13.3. The Morgan fingerprint density at radius 3 is 2.50 bits per heavy atom. The second kappa shape index (κ2) is 8.75. The van der Waals surface area contributed by atoms with Gasteiger partial charge in [-0.1, -0.05) is 18.2 Å². The molecule has 1 aromatic carbocycles. The van der Waals surface area contributed by atoms with E-state index in [1.54, 1.807) is 37.3 Å². The summed E-state index contributed by atoms with van der Waals surface area (Å²) >= 11 is 0. The van der Waals surface area contributed by atoms with E-state index in [0.29, 0.717) is 31.9 Å². The molecule has 124 valence electrons. The Morgan fingerprint density at radius 1 is 1.32 bits per heavy atom. The lowest BCUT2D eigenvalue weighted by Gasteiger charge is -2.28. The van der Waals surface area contributed by atoms with Gasteiger partial charge in [-0.3, -0.25) is 9.10 Å². The molecule has 1 rings (SSSR count). The Kier molecular flexibility index (Phi) is 7.34. The second-order valence-corrected chi connectivity index (χ2v) is 6.77. The zero-order chi connectivity index (χ0) is 16.6. The van der Waals surface area contributed by atoms with Crippen LogP contribution < -0.4 is 9.62 Å². The lowest BCUT2D eigenvalue weighted by molar-refractivity contribution is -0.121. The molecule has 6 nitrogen and oxygen atoms in total. The lowest BCUT2D eigenvalue weighted by atomic mass is 10.2. The van der Waals surface area contributed by atoms with E-state index in [0.717, 1.165) is 10.6 Å². The standard InChI is InChI=1S/C15H24N2O4S/c1-4-21-12-8-11-16-15(18)13(2)17(22(3,19)20)14-9-6-5-7-10-14/h5-7,9-10,13H,4,8,11-12H2,1-3H3,(H,16,18). The number of nitrogens with zero attached hydrogens (tertiary/aromatic N) is 1. The molecule has 22 heavy (non-hydrogen) atoms. The van der Waals surface area contributed by atoms with Gasteiger partial charge in [0.15, 0.2) is 0 Å². The van der Waals surface area contributed by atoms with E-state index in [1.165, 1.54) is 0 Å². The van der Waals surface area contributed by atoms with Crippen LogP contribution in [-0.2, 0) is 19.6 Å². The van der Waals surface area contributed by atoms with Gasteiger partial charge in [0.1, 0.15) is 6.04 Å². The van der Waals surface area contributed by atoms with Gasteiger partial charge in [0.05, 0.1) is 11.9 Å². The Hall–Kier alpha value is -1.60. The normalized spacial score (nSPS) is 12.7. The van der Waals surface area contributed by atoms with Crippen LogP contribution in [0.1, 0.15) is 20.3 Å². The summed E-state index contributed by atoms with van der Waals surface area (Å²) in [4.78, 5) is 12.2. The van der Waals surface area contributed by atoms with Crippen molar-refractivity contribution in [3.63, 3.8) is 0 Å². The topological polar surface area (TPSA) is 75.7 Å². The summed E-state index contributed by atoms with van der Waals surface area (Å²) < 4.78 is 30.4. The van der Waals surface area contributed by atoms with Crippen LogP contribution in [0.4, 0.5) is 5.69 Å². The molecule has 0 aliphatic rings. The van der Waals surface area contributed by atoms with E-state index in [2.05, 4.69) is 5.32 Å². The maximum Gasteiger partial charge on any atom is 0.243 e. The van der Waals surface area contributed by atoms with Crippen molar-refractivity contribution in [2.24, 2.45) is 0 Å². The van der Waals surface area contributed by atoms with E-state index >= 15 is 0 Å². The molecular weight excluding hydrogens is 304 g/mol. The molecule has 0 aliphatic carbocycles. The van der Waals surface area contributed by atoms with Crippen molar-refractivity contribution < 1.29 is 17.9 Å². The van der Waals surface area contributed by atoms with Gasteiger partial charge in [-0.2, -0.15) is 0 Å². The van der Waals surface area contributed by atoms with E-state index in [-0.39, 0.29) is 5.91 Å². The third-order valence-corrected chi connectivity index (χ3v) is 4.31. The first-order valence-corrected chi connectivity index (χ1v) is 9.12. The SMILES string of the molecule is CCOCCCNC(=O)C(C)N(c1ccccc1)S(C)(=O)=O. The van der Waals surface area contributed by atoms with Gasteiger partial charge in [0.25, 0.3) is 0 Å². The molecule has 0 aromatic heterocycles. The van der Waals surface area contributed by atoms with Gasteiger partial charge in [0, 0.05) is 19.8 Å². The van der Waals surface area contributed by atoms with Crippen LogP contribution in [0, 0.1) is 0 Å². The number of benzene rings is 1. The van der Waals surface area contributed by atoms with Crippen LogP contribution in [0.2, 0.25) is 0 Å². The number of carbonyl (C=O) groups excluding carboxylic acids is 1. The van der Waals surface area contributed by atoms with Crippen LogP contribution in [0.15, 0.2) is 30.3 Å². The van der Waals surface area contributed by atoms with E-state index in [1.807, 2.05) is 6.92 Å². The number of nitrogens with one attached hydrogen (secondary N) is 1. The molecule has 0 fully saturated rings. The van der Waals surface area contributed by atoms with Gasteiger partial charge < -0.3 is 10.1 Å². The first-order chi connectivity index (χ1) is 10.4. The molecule has 1 unspecified atom stereocenters. The zero-order valence-corrected chi connectivity index (χ0v) is 14.1. The van der Waals surface area contributed by atoms with Crippen LogP contribution in [0.3, 0.4) is 0 Å². The summed E-state index contributed by atoms with van der Waals surface area (Å²) in [6, 6.07) is 7.78. The minimum absolute atomic E-state index is 0.328. The highest BCUT2D eigenvalue weighted by Crippen LogP contribution is 2.20. The predicted octanol–water partition coefficient (Wildman–Crippen LogP) is 1.38. The minimum Gasteiger partial charge on any atom is -0.382 e. The van der Waals surface area contributed by atoms with E-state index < -0.39 is 16.1 Å². The summed E-state index contributed by atoms with van der Waals surface area (Å²) in [6.07, 6.45) is 1.79. The summed E-state index contributed by atoms with van der Waals surface area (Å²) in [5.41, 5.74) is 0.474. The second-order valence-electron chi connectivity index (χ2n) is 4.91. The monoisotopic (exact) mass is 328 g/mol. The molecule has 0 spiro atoms. The average Bonchev–Trinajstić information content (AvgIpc) is 2.46. The minimum atomic E-state index is -3.55. The Balaban J connectivity index is 2.73. The quantitative estimate of drug-likeness (QED) is 0.695. The van der Waals surface area contributed by atoms with Crippen molar-refractivity contribution in [2.75, 3.05) is 30.3 Å². The molecule has 1 atom stereocenters. The molecule has 7 heteroatoms.